The molecule has 4 rings (SSSR count). The van der Waals surface area contributed by atoms with Crippen molar-refractivity contribution in [3.63, 3.8) is 0 Å². The Bertz CT molecular complexity index is 1260. The van der Waals surface area contributed by atoms with Crippen LogP contribution in [0, 0.1) is 0 Å². The van der Waals surface area contributed by atoms with Gasteiger partial charge >= 0.3 is 0 Å². The molecule has 2 amide bonds. The number of para-hydroxylation sites is 1. The lowest BCUT2D eigenvalue weighted by Gasteiger charge is -2.32. The van der Waals surface area contributed by atoms with Crippen LogP contribution in [0.15, 0.2) is 77.3 Å². The molecule has 3 aromatic rings. The molecule has 0 aliphatic carbocycles. The zero-order valence-electron chi connectivity index (χ0n) is 20.6. The maximum Gasteiger partial charge on any atom is 0.261 e. The summed E-state index contributed by atoms with van der Waals surface area (Å²) in [7, 11) is 2.05. The minimum Gasteiger partial charge on any atom is -0.492 e. The number of hydrogen-bond donors (Lipinski definition) is 2. The second kappa shape index (κ2) is 12.8. The lowest BCUT2D eigenvalue weighted by Crippen LogP contribution is -2.47. The van der Waals surface area contributed by atoms with E-state index in [-0.39, 0.29) is 11.0 Å². The number of carbonyl (C=O) groups excluding carboxylic acids is 2. The number of carbonyl (C=O) groups is 2. The van der Waals surface area contributed by atoms with E-state index in [1.165, 1.54) is 0 Å². The van der Waals surface area contributed by atoms with Gasteiger partial charge in [0.1, 0.15) is 5.75 Å². The lowest BCUT2D eigenvalue weighted by atomic mass is 10.1. The van der Waals surface area contributed by atoms with Gasteiger partial charge < -0.3 is 19.9 Å². The lowest BCUT2D eigenvalue weighted by molar-refractivity contribution is 0.0665. The highest BCUT2D eigenvalue weighted by Gasteiger charge is 2.23. The third-order valence-electron chi connectivity index (χ3n) is 6.10. The summed E-state index contributed by atoms with van der Waals surface area (Å²) in [6.45, 7) is 3.42. The summed E-state index contributed by atoms with van der Waals surface area (Å²) in [5, 5.41) is 5.84. The van der Waals surface area contributed by atoms with E-state index >= 15 is 0 Å². The first-order valence-corrected chi connectivity index (χ1v) is 13.3. The number of anilines is 1. The van der Waals surface area contributed by atoms with Crippen LogP contribution in [0.25, 0.3) is 0 Å². The number of ether oxygens (including phenoxy) is 1. The van der Waals surface area contributed by atoms with Crippen LogP contribution < -0.4 is 15.4 Å². The van der Waals surface area contributed by atoms with E-state index < -0.39 is 5.91 Å². The molecule has 0 atom stereocenters. The van der Waals surface area contributed by atoms with Crippen LogP contribution >= 0.6 is 28.1 Å². The van der Waals surface area contributed by atoms with Crippen LogP contribution in [-0.2, 0) is 6.42 Å². The quantitative estimate of drug-likeness (QED) is 0.398. The molecule has 0 spiro atoms. The van der Waals surface area contributed by atoms with Gasteiger partial charge in [0.15, 0.2) is 5.11 Å². The number of nitrogens with zero attached hydrogens (tertiary/aromatic N) is 2. The fourth-order valence-electron chi connectivity index (χ4n) is 4.01. The Labute approximate surface area is 230 Å². The first-order chi connectivity index (χ1) is 17.9. The van der Waals surface area contributed by atoms with Crippen LogP contribution in [-0.4, -0.2) is 66.6 Å². The van der Waals surface area contributed by atoms with E-state index in [1.54, 1.807) is 24.3 Å². The summed E-state index contributed by atoms with van der Waals surface area (Å²) < 4.78 is 6.69. The van der Waals surface area contributed by atoms with Crippen molar-refractivity contribution in [2.24, 2.45) is 0 Å². The normalized spacial score (nSPS) is 13.6. The van der Waals surface area contributed by atoms with Gasteiger partial charge in [-0.1, -0.05) is 58.4 Å². The molecule has 1 aliphatic heterocycles. The summed E-state index contributed by atoms with van der Waals surface area (Å²) in [5.74, 6) is -0.00659. The third kappa shape index (κ3) is 7.38. The fraction of sp³-hybridized carbons (Fsp3) is 0.250. The molecule has 0 bridgehead atoms. The molecule has 1 saturated heterocycles. The Balaban J connectivity index is 1.40. The molecule has 3 aromatic carbocycles. The number of rotatable bonds is 7. The highest BCUT2D eigenvalue weighted by atomic mass is 79.9. The summed E-state index contributed by atoms with van der Waals surface area (Å²) >= 11 is 8.86. The van der Waals surface area contributed by atoms with Gasteiger partial charge in [-0.3, -0.25) is 14.9 Å². The van der Waals surface area contributed by atoms with Gasteiger partial charge in [0.2, 0.25) is 0 Å². The monoisotopic (exact) mass is 580 g/mol. The minimum atomic E-state index is -0.406. The van der Waals surface area contributed by atoms with Crippen LogP contribution in [0.5, 0.6) is 5.75 Å². The smallest absolute Gasteiger partial charge is 0.261 e. The van der Waals surface area contributed by atoms with Gasteiger partial charge in [0.05, 0.1) is 23.4 Å². The van der Waals surface area contributed by atoms with Gasteiger partial charge in [0, 0.05) is 37.1 Å². The molecule has 2 N–H and O–H groups in total. The highest BCUT2D eigenvalue weighted by Crippen LogP contribution is 2.24. The van der Waals surface area contributed by atoms with E-state index in [0.717, 1.165) is 29.5 Å². The van der Waals surface area contributed by atoms with Gasteiger partial charge in [-0.2, -0.15) is 0 Å². The third-order valence-corrected chi connectivity index (χ3v) is 6.80. The molecule has 1 fully saturated rings. The van der Waals surface area contributed by atoms with E-state index in [2.05, 4.69) is 31.5 Å². The van der Waals surface area contributed by atoms with Gasteiger partial charge in [-0.15, -0.1) is 0 Å². The maximum absolute atomic E-state index is 13.2. The summed E-state index contributed by atoms with van der Waals surface area (Å²) in [6.07, 6.45) is 0.718. The van der Waals surface area contributed by atoms with Crippen molar-refractivity contribution in [3.05, 3.63) is 94.0 Å². The zero-order valence-corrected chi connectivity index (χ0v) is 23.0. The molecular weight excluding hydrogens is 552 g/mol. The number of piperazine rings is 1. The Morgan fingerprint density at radius 1 is 0.946 bits per heavy atom. The molecule has 0 radical (unpaired) electrons. The molecule has 0 unspecified atom stereocenters. The molecule has 0 aromatic heterocycles. The van der Waals surface area contributed by atoms with Crippen molar-refractivity contribution < 1.29 is 14.3 Å². The molecule has 1 heterocycles. The second-order valence-electron chi connectivity index (χ2n) is 8.77. The molecular formula is C28H29BrN4O3S. The van der Waals surface area contributed by atoms with Gasteiger partial charge in [0.25, 0.3) is 11.8 Å². The Morgan fingerprint density at radius 3 is 2.41 bits per heavy atom. The number of thiocarbonyl (C=S) groups is 1. The van der Waals surface area contributed by atoms with E-state index in [0.29, 0.717) is 42.3 Å². The van der Waals surface area contributed by atoms with Crippen molar-refractivity contribution in [1.82, 2.24) is 15.1 Å². The summed E-state index contributed by atoms with van der Waals surface area (Å²) in [6, 6.07) is 22.5. The van der Waals surface area contributed by atoms with Gasteiger partial charge in [-0.25, -0.2) is 0 Å². The standard InChI is InChI=1S/C28H29BrN4O3S/c1-32-14-16-33(17-15-32)27(35)22-9-5-6-10-24(22)30-28(37)31-26(34)23-19-21(29)11-12-25(23)36-18-13-20-7-3-2-4-8-20/h2-12,19H,13-18H2,1H3,(H2,30,31,34,37). The Morgan fingerprint density at radius 2 is 1.65 bits per heavy atom. The molecule has 0 saturated carbocycles. The average molecular weight is 582 g/mol. The average Bonchev–Trinajstić information content (AvgIpc) is 2.90. The predicted octanol–water partition coefficient (Wildman–Crippen LogP) is 4.59. The summed E-state index contributed by atoms with van der Waals surface area (Å²) in [5.41, 5.74) is 2.57. The molecule has 37 heavy (non-hydrogen) atoms. The Hall–Kier alpha value is -3.27. The van der Waals surface area contributed by atoms with Crippen molar-refractivity contribution >= 4 is 50.8 Å². The van der Waals surface area contributed by atoms with E-state index in [1.807, 2.05) is 60.5 Å². The first-order valence-electron chi connectivity index (χ1n) is 12.1. The largest absolute Gasteiger partial charge is 0.492 e. The van der Waals surface area contributed by atoms with Crippen LogP contribution in [0.3, 0.4) is 0 Å². The molecule has 192 valence electrons. The maximum atomic E-state index is 13.2. The fourth-order valence-corrected chi connectivity index (χ4v) is 4.58. The minimum absolute atomic E-state index is 0.0635. The molecule has 1 aliphatic rings. The number of amides is 2. The van der Waals surface area contributed by atoms with E-state index in [4.69, 9.17) is 17.0 Å². The van der Waals surface area contributed by atoms with Crippen molar-refractivity contribution in [2.45, 2.75) is 6.42 Å². The number of benzene rings is 3. The van der Waals surface area contributed by atoms with Crippen molar-refractivity contribution in [2.75, 3.05) is 45.2 Å². The van der Waals surface area contributed by atoms with Gasteiger partial charge in [-0.05, 0) is 55.2 Å². The van der Waals surface area contributed by atoms with Crippen molar-refractivity contribution in [3.8, 4) is 5.75 Å². The molecule has 7 nitrogen and oxygen atoms in total. The predicted molar refractivity (Wildman–Crippen MR) is 153 cm³/mol. The van der Waals surface area contributed by atoms with Crippen LogP contribution in [0.4, 0.5) is 5.69 Å². The molecule has 9 heteroatoms. The second-order valence-corrected chi connectivity index (χ2v) is 10.1. The topological polar surface area (TPSA) is 73.9 Å². The van der Waals surface area contributed by atoms with Crippen LogP contribution in [0.2, 0.25) is 0 Å². The zero-order chi connectivity index (χ0) is 26.2. The van der Waals surface area contributed by atoms with Crippen LogP contribution in [0.1, 0.15) is 26.3 Å². The summed E-state index contributed by atoms with van der Waals surface area (Å²) in [4.78, 5) is 30.3. The SMILES string of the molecule is CN1CCN(C(=O)c2ccccc2NC(=S)NC(=O)c2cc(Br)ccc2OCCc2ccccc2)CC1. The van der Waals surface area contributed by atoms with E-state index in [9.17, 15) is 9.59 Å². The number of likely N-dealkylation sites (N-methyl/N-ethyl adjacent to an activating group) is 1. The number of nitrogens with one attached hydrogen (secondary N) is 2. The van der Waals surface area contributed by atoms with Crippen molar-refractivity contribution in [1.29, 1.82) is 0 Å². The number of hydrogen-bond acceptors (Lipinski definition) is 5. The Kier molecular flexibility index (Phi) is 9.27. The number of halogens is 1. The highest BCUT2D eigenvalue weighted by molar-refractivity contribution is 9.10. The first kappa shape index (κ1) is 26.8.